The number of carbonyl (C=O) groups excluding carboxylic acids is 1. The number of thiophene rings is 1. The minimum atomic E-state index is -0.262. The van der Waals surface area contributed by atoms with Gasteiger partial charge < -0.3 is 16.4 Å². The Kier molecular flexibility index (Phi) is 9.07. The maximum Gasteiger partial charge on any atom is 0.251 e. The number of rotatable bonds is 6. The highest BCUT2D eigenvalue weighted by Gasteiger charge is 2.15. The monoisotopic (exact) mass is 486 g/mol. The first kappa shape index (κ1) is 22.4. The lowest BCUT2D eigenvalue weighted by Crippen LogP contribution is -2.40. The number of nitrogens with two attached hydrogens (primary N) is 1. The van der Waals surface area contributed by atoms with E-state index >= 15 is 0 Å². The summed E-state index contributed by atoms with van der Waals surface area (Å²) in [7, 11) is 0. The summed E-state index contributed by atoms with van der Waals surface area (Å²) in [6, 6.07) is 11.6. The van der Waals surface area contributed by atoms with Gasteiger partial charge in [0.2, 0.25) is 0 Å². The Hall–Kier alpha value is -1.61. The minimum Gasteiger partial charge on any atom is -0.370 e. The van der Waals surface area contributed by atoms with E-state index in [4.69, 9.17) is 5.73 Å². The second-order valence-electron chi connectivity index (χ2n) is 6.86. The molecular weight excluding hydrogens is 459 g/mol. The van der Waals surface area contributed by atoms with Crippen LogP contribution >= 0.6 is 35.3 Å². The summed E-state index contributed by atoms with van der Waals surface area (Å²) in [6.07, 6.45) is 0.927. The summed E-state index contributed by atoms with van der Waals surface area (Å²) in [5, 5.41) is 8.14. The van der Waals surface area contributed by atoms with Gasteiger partial charge in [0.25, 0.3) is 5.91 Å². The Bertz CT molecular complexity index is 723. The first-order valence-corrected chi connectivity index (χ1v) is 9.19. The van der Waals surface area contributed by atoms with Crippen molar-refractivity contribution in [1.82, 2.24) is 10.6 Å². The first-order chi connectivity index (χ1) is 11.8. The second kappa shape index (κ2) is 10.5. The van der Waals surface area contributed by atoms with E-state index in [0.29, 0.717) is 18.1 Å². The van der Waals surface area contributed by atoms with Crippen LogP contribution in [0.4, 0.5) is 0 Å². The molecule has 7 heteroatoms. The number of aliphatic imine (C=N–C) groups is 1. The third-order valence-electron chi connectivity index (χ3n) is 3.37. The molecule has 0 aliphatic heterocycles. The molecule has 1 heterocycles. The number of nitrogens with one attached hydrogen (secondary N) is 2. The predicted octanol–water partition coefficient (Wildman–Crippen LogP) is 3.54. The van der Waals surface area contributed by atoms with Gasteiger partial charge in [-0.05, 0) is 56.3 Å². The van der Waals surface area contributed by atoms with Crippen molar-refractivity contribution in [3.05, 3.63) is 57.8 Å². The molecule has 0 bridgehead atoms. The first-order valence-electron chi connectivity index (χ1n) is 8.31. The van der Waals surface area contributed by atoms with Gasteiger partial charge in [0.15, 0.2) is 5.96 Å². The Labute approximate surface area is 176 Å². The summed E-state index contributed by atoms with van der Waals surface area (Å²) in [5.41, 5.74) is 7.22. The summed E-state index contributed by atoms with van der Waals surface area (Å²) in [4.78, 5) is 17.9. The molecule has 1 amide bonds. The number of carbonyl (C=O) groups is 1. The van der Waals surface area contributed by atoms with Crippen LogP contribution in [0, 0.1) is 0 Å². The number of hydrogen-bond acceptors (Lipinski definition) is 3. The van der Waals surface area contributed by atoms with E-state index in [0.717, 1.165) is 18.5 Å². The van der Waals surface area contributed by atoms with Gasteiger partial charge in [0, 0.05) is 22.5 Å². The Morgan fingerprint density at radius 1 is 1.23 bits per heavy atom. The average Bonchev–Trinajstić information content (AvgIpc) is 3.05. The van der Waals surface area contributed by atoms with Crippen molar-refractivity contribution in [3.8, 4) is 0 Å². The van der Waals surface area contributed by atoms with Crippen LogP contribution in [0.2, 0.25) is 0 Å². The maximum absolute atomic E-state index is 12.2. The van der Waals surface area contributed by atoms with Crippen molar-refractivity contribution in [1.29, 1.82) is 0 Å². The molecule has 5 nitrogen and oxygen atoms in total. The third-order valence-corrected chi connectivity index (χ3v) is 4.30. The number of hydrogen-bond donors (Lipinski definition) is 3. The number of amides is 1. The Morgan fingerprint density at radius 2 is 2.00 bits per heavy atom. The maximum atomic E-state index is 12.2. The molecule has 2 aromatic rings. The predicted molar refractivity (Wildman–Crippen MR) is 120 cm³/mol. The normalized spacial score (nSPS) is 11.6. The molecule has 142 valence electrons. The van der Waals surface area contributed by atoms with Crippen LogP contribution in [0.15, 0.2) is 46.8 Å². The fourth-order valence-electron chi connectivity index (χ4n) is 2.22. The molecule has 1 aromatic carbocycles. The van der Waals surface area contributed by atoms with Crippen LogP contribution in [-0.4, -0.2) is 24.0 Å². The molecule has 2 rings (SSSR count). The van der Waals surface area contributed by atoms with Crippen molar-refractivity contribution in [3.63, 3.8) is 0 Å². The van der Waals surface area contributed by atoms with Crippen LogP contribution in [0.1, 0.15) is 41.6 Å². The smallest absolute Gasteiger partial charge is 0.251 e. The van der Waals surface area contributed by atoms with E-state index < -0.39 is 0 Å². The second-order valence-corrected chi connectivity index (χ2v) is 7.89. The zero-order valence-electron chi connectivity index (χ0n) is 15.4. The van der Waals surface area contributed by atoms with Crippen LogP contribution in [0.25, 0.3) is 0 Å². The lowest BCUT2D eigenvalue weighted by atomic mass is 10.1. The van der Waals surface area contributed by atoms with Crippen molar-refractivity contribution >= 4 is 47.2 Å². The molecule has 0 radical (unpaired) electrons. The van der Waals surface area contributed by atoms with Gasteiger partial charge >= 0.3 is 0 Å². The molecule has 4 N–H and O–H groups in total. The fraction of sp³-hybridized carbons (Fsp3) is 0.368. The number of guanidine groups is 1. The molecule has 26 heavy (non-hydrogen) atoms. The SMILES string of the molecule is CC(C)(C)NC(=O)c1cccc(CN=C(N)NCCc2cccs2)c1.I. The van der Waals surface area contributed by atoms with Crippen LogP contribution in [0.3, 0.4) is 0 Å². The highest BCUT2D eigenvalue weighted by atomic mass is 127. The van der Waals surface area contributed by atoms with E-state index in [-0.39, 0.29) is 35.4 Å². The fourth-order valence-corrected chi connectivity index (χ4v) is 2.93. The molecule has 0 fully saturated rings. The molecule has 0 unspecified atom stereocenters. The van der Waals surface area contributed by atoms with E-state index in [2.05, 4.69) is 27.1 Å². The third kappa shape index (κ3) is 8.18. The topological polar surface area (TPSA) is 79.5 Å². The highest BCUT2D eigenvalue weighted by molar-refractivity contribution is 14.0. The molecule has 0 spiro atoms. The molecular formula is C19H27IN4OS. The number of benzene rings is 1. The van der Waals surface area contributed by atoms with Crippen molar-refractivity contribution in [2.24, 2.45) is 10.7 Å². The van der Waals surface area contributed by atoms with Crippen molar-refractivity contribution < 1.29 is 4.79 Å². The molecule has 0 aliphatic rings. The molecule has 0 aliphatic carbocycles. The van der Waals surface area contributed by atoms with Gasteiger partial charge in [0.1, 0.15) is 0 Å². The standard InChI is InChI=1S/C19H26N4OS.HI/c1-19(2,3)23-17(24)15-7-4-6-14(12-15)13-22-18(20)21-10-9-16-8-5-11-25-16;/h4-8,11-12H,9-10,13H2,1-3H3,(H,23,24)(H3,20,21,22);1H. The van der Waals surface area contributed by atoms with E-state index in [1.54, 1.807) is 17.4 Å². The van der Waals surface area contributed by atoms with Gasteiger partial charge in [-0.2, -0.15) is 0 Å². The largest absolute Gasteiger partial charge is 0.370 e. The summed E-state index contributed by atoms with van der Waals surface area (Å²) in [5.74, 6) is 0.335. The van der Waals surface area contributed by atoms with Crippen LogP contribution < -0.4 is 16.4 Å². The lowest BCUT2D eigenvalue weighted by molar-refractivity contribution is 0.0919. The van der Waals surface area contributed by atoms with Gasteiger partial charge in [-0.1, -0.05) is 18.2 Å². The summed E-state index contributed by atoms with van der Waals surface area (Å²) >= 11 is 1.73. The Morgan fingerprint density at radius 3 is 2.65 bits per heavy atom. The van der Waals surface area contributed by atoms with Gasteiger partial charge in [-0.25, -0.2) is 4.99 Å². The van der Waals surface area contributed by atoms with Crippen molar-refractivity contribution in [2.75, 3.05) is 6.54 Å². The summed E-state index contributed by atoms with van der Waals surface area (Å²) < 4.78 is 0. The average molecular weight is 486 g/mol. The number of nitrogens with zero attached hydrogens (tertiary/aromatic N) is 1. The molecule has 1 aromatic heterocycles. The van der Waals surface area contributed by atoms with Crippen LogP contribution in [-0.2, 0) is 13.0 Å². The minimum absolute atomic E-state index is 0. The summed E-state index contributed by atoms with van der Waals surface area (Å²) in [6.45, 7) is 7.07. The van der Waals surface area contributed by atoms with Gasteiger partial charge in [0.05, 0.1) is 6.54 Å². The van der Waals surface area contributed by atoms with E-state index in [1.165, 1.54) is 4.88 Å². The van der Waals surface area contributed by atoms with E-state index in [1.807, 2.05) is 45.0 Å². The van der Waals surface area contributed by atoms with Gasteiger partial charge in [-0.15, -0.1) is 35.3 Å². The zero-order chi connectivity index (χ0) is 18.3. The lowest BCUT2D eigenvalue weighted by Gasteiger charge is -2.20. The van der Waals surface area contributed by atoms with E-state index in [9.17, 15) is 4.79 Å². The highest BCUT2D eigenvalue weighted by Crippen LogP contribution is 2.09. The number of halogens is 1. The zero-order valence-corrected chi connectivity index (χ0v) is 18.6. The quantitative estimate of drug-likeness (QED) is 0.332. The molecule has 0 saturated heterocycles. The van der Waals surface area contributed by atoms with Gasteiger partial charge in [-0.3, -0.25) is 4.79 Å². The molecule has 0 saturated carbocycles. The Balaban J connectivity index is 0.00000338. The molecule has 0 atom stereocenters. The van der Waals surface area contributed by atoms with Crippen molar-refractivity contribution in [2.45, 2.75) is 39.3 Å². The van der Waals surface area contributed by atoms with Crippen LogP contribution in [0.5, 0.6) is 0 Å².